The van der Waals surface area contributed by atoms with Crippen LogP contribution in [0.2, 0.25) is 0 Å². The molecular formula is C37H46F4N4O5. The van der Waals surface area contributed by atoms with Gasteiger partial charge in [0.2, 0.25) is 0 Å². The molecule has 0 unspecified atom stereocenters. The number of carbonyl (C=O) groups excluding carboxylic acids is 2. The van der Waals surface area contributed by atoms with Gasteiger partial charge in [-0.3, -0.25) is 9.69 Å². The Balaban J connectivity index is 1.56. The summed E-state index contributed by atoms with van der Waals surface area (Å²) in [5.74, 6) is -0.709. The molecule has 4 rings (SSSR count). The summed E-state index contributed by atoms with van der Waals surface area (Å²) in [5.41, 5.74) is 0.935. The van der Waals surface area contributed by atoms with Crippen LogP contribution in [0.4, 0.5) is 33.7 Å². The molecule has 3 aromatic carbocycles. The summed E-state index contributed by atoms with van der Waals surface area (Å²) in [6.07, 6.45) is -2.70. The smallest absolute Gasteiger partial charge is 0.416 e. The van der Waals surface area contributed by atoms with Crippen molar-refractivity contribution < 1.29 is 41.7 Å². The maximum absolute atomic E-state index is 14.3. The van der Waals surface area contributed by atoms with Gasteiger partial charge in [0, 0.05) is 43.5 Å². The maximum Gasteiger partial charge on any atom is 0.416 e. The molecule has 13 heteroatoms. The summed E-state index contributed by atoms with van der Waals surface area (Å²) >= 11 is 0. The molecule has 3 N–H and O–H groups in total. The van der Waals surface area contributed by atoms with E-state index in [1.165, 1.54) is 42.5 Å². The molecule has 0 fully saturated rings. The van der Waals surface area contributed by atoms with Crippen molar-refractivity contribution in [1.82, 2.24) is 9.80 Å². The van der Waals surface area contributed by atoms with E-state index in [1.54, 1.807) is 24.0 Å². The van der Waals surface area contributed by atoms with Gasteiger partial charge in [-0.2, -0.15) is 13.2 Å². The van der Waals surface area contributed by atoms with Crippen LogP contribution in [0.15, 0.2) is 66.7 Å². The van der Waals surface area contributed by atoms with E-state index in [9.17, 15) is 32.3 Å². The monoisotopic (exact) mass is 702 g/mol. The Hall–Kier alpha value is -4.20. The molecule has 0 aliphatic carbocycles. The Morgan fingerprint density at radius 2 is 1.68 bits per heavy atom. The molecular weight excluding hydrogens is 656 g/mol. The summed E-state index contributed by atoms with van der Waals surface area (Å²) in [6, 6.07) is 14.0. The number of carbonyl (C=O) groups is 2. The molecule has 3 amide bonds. The van der Waals surface area contributed by atoms with Crippen molar-refractivity contribution in [2.24, 2.45) is 5.92 Å². The number of amides is 3. The lowest BCUT2D eigenvalue weighted by Gasteiger charge is -2.36. The number of nitrogens with zero attached hydrogens (tertiary/aromatic N) is 2. The number of ether oxygens (including phenoxy) is 2. The van der Waals surface area contributed by atoms with Crippen LogP contribution in [0.1, 0.15) is 61.5 Å². The van der Waals surface area contributed by atoms with E-state index in [1.807, 2.05) is 25.8 Å². The third-order valence-electron chi connectivity index (χ3n) is 8.64. The van der Waals surface area contributed by atoms with Gasteiger partial charge in [-0.05, 0) is 100 Å². The van der Waals surface area contributed by atoms with Crippen molar-refractivity contribution >= 4 is 23.3 Å². The van der Waals surface area contributed by atoms with Crippen LogP contribution in [-0.4, -0.2) is 78.4 Å². The number of aliphatic hydroxyl groups is 1. The van der Waals surface area contributed by atoms with Crippen molar-refractivity contribution in [1.29, 1.82) is 0 Å². The highest BCUT2D eigenvalue weighted by molar-refractivity contribution is 6.02. The number of aliphatic hydroxyl groups excluding tert-OH is 1. The SMILES string of the molecule is C[C@H]1CCCCO[C@H](CN(C)Cc2ccc(C(F)(F)F)cc2)[C@@H](C)CN([C@@H](C)CO)C(=O)c2cc(NC(=O)Nc3ccc(F)cc3)ccc2O1. The molecule has 3 aromatic rings. The van der Waals surface area contributed by atoms with E-state index in [2.05, 4.69) is 10.6 Å². The van der Waals surface area contributed by atoms with Gasteiger partial charge in [-0.15, -0.1) is 0 Å². The van der Waals surface area contributed by atoms with Gasteiger partial charge < -0.3 is 30.1 Å². The van der Waals surface area contributed by atoms with E-state index >= 15 is 0 Å². The average Bonchev–Trinajstić information content (AvgIpc) is 3.07. The molecule has 50 heavy (non-hydrogen) atoms. The summed E-state index contributed by atoms with van der Waals surface area (Å²) in [4.78, 5) is 30.6. The third kappa shape index (κ3) is 11.2. The van der Waals surface area contributed by atoms with Crippen molar-refractivity contribution in [3.05, 3.63) is 89.2 Å². The quantitative estimate of drug-likeness (QED) is 0.211. The number of hydrogen-bond donors (Lipinski definition) is 3. The number of fused-ring (bicyclic) bond motifs is 1. The van der Waals surface area contributed by atoms with Crippen LogP contribution >= 0.6 is 0 Å². The zero-order chi connectivity index (χ0) is 36.4. The lowest BCUT2D eigenvalue weighted by molar-refractivity contribution is -0.137. The fraction of sp³-hybridized carbons (Fsp3) is 0.459. The molecule has 4 atom stereocenters. The normalized spacial score (nSPS) is 20.0. The predicted molar refractivity (Wildman–Crippen MR) is 184 cm³/mol. The molecule has 0 bridgehead atoms. The van der Waals surface area contributed by atoms with Crippen LogP contribution < -0.4 is 15.4 Å². The van der Waals surface area contributed by atoms with Crippen molar-refractivity contribution in [2.45, 2.75) is 71.0 Å². The summed E-state index contributed by atoms with van der Waals surface area (Å²) in [5, 5.41) is 15.6. The van der Waals surface area contributed by atoms with E-state index < -0.39 is 35.5 Å². The number of nitrogens with one attached hydrogen (secondary N) is 2. The fourth-order valence-corrected chi connectivity index (χ4v) is 5.77. The number of likely N-dealkylation sites (N-methyl/N-ethyl adjacent to an activating group) is 1. The van der Waals surface area contributed by atoms with Crippen LogP contribution in [0, 0.1) is 11.7 Å². The number of anilines is 2. The zero-order valence-electron chi connectivity index (χ0n) is 28.8. The molecule has 0 saturated heterocycles. The Labute approximate surface area is 290 Å². The minimum Gasteiger partial charge on any atom is -0.490 e. The van der Waals surface area contributed by atoms with E-state index in [0.717, 1.165) is 30.5 Å². The molecule has 9 nitrogen and oxygen atoms in total. The zero-order valence-corrected chi connectivity index (χ0v) is 28.8. The first-order valence-corrected chi connectivity index (χ1v) is 16.8. The van der Waals surface area contributed by atoms with Gasteiger partial charge in [0.15, 0.2) is 0 Å². The first-order chi connectivity index (χ1) is 23.7. The Bertz CT molecular complexity index is 1550. The van der Waals surface area contributed by atoms with Crippen LogP contribution in [0.5, 0.6) is 5.75 Å². The molecule has 1 aliphatic heterocycles. The highest BCUT2D eigenvalue weighted by atomic mass is 19.4. The molecule has 1 heterocycles. The second-order valence-electron chi connectivity index (χ2n) is 13.0. The van der Waals surface area contributed by atoms with Crippen molar-refractivity contribution in [3.63, 3.8) is 0 Å². The average molecular weight is 703 g/mol. The van der Waals surface area contributed by atoms with Crippen LogP contribution in [-0.2, 0) is 17.5 Å². The van der Waals surface area contributed by atoms with Gasteiger partial charge in [0.05, 0.1) is 36.0 Å². The summed E-state index contributed by atoms with van der Waals surface area (Å²) in [6.45, 7) is 6.85. The topological polar surface area (TPSA) is 103 Å². The van der Waals surface area contributed by atoms with Crippen molar-refractivity contribution in [2.75, 3.05) is 44.0 Å². The summed E-state index contributed by atoms with van der Waals surface area (Å²) < 4.78 is 65.1. The van der Waals surface area contributed by atoms with E-state index in [-0.39, 0.29) is 36.8 Å². The van der Waals surface area contributed by atoms with Gasteiger partial charge >= 0.3 is 12.2 Å². The van der Waals surface area contributed by atoms with Gasteiger partial charge in [-0.1, -0.05) is 19.1 Å². The molecule has 272 valence electrons. The first kappa shape index (κ1) is 38.6. The van der Waals surface area contributed by atoms with E-state index in [4.69, 9.17) is 9.47 Å². The Kier molecular flexibility index (Phi) is 13.6. The number of benzene rings is 3. The number of rotatable bonds is 8. The molecule has 0 radical (unpaired) electrons. The first-order valence-electron chi connectivity index (χ1n) is 16.8. The molecule has 1 aliphatic rings. The second-order valence-corrected chi connectivity index (χ2v) is 13.0. The fourth-order valence-electron chi connectivity index (χ4n) is 5.77. The standard InChI is InChI=1S/C37H46F4N4O5/c1-24-20-45(25(2)23-46)35(47)32-19-31(43-36(48)42-30-14-12-29(38)13-15-30)16-17-33(32)50-26(3)7-5-6-18-49-34(24)22-44(4)21-27-8-10-28(11-9-27)37(39,40)41/h8-17,19,24-26,34,46H,5-7,18,20-23H2,1-4H3,(H2,42,43,48)/t24-,25-,26-,34+/m0/s1. The highest BCUT2D eigenvalue weighted by Crippen LogP contribution is 2.30. The molecule has 0 aromatic heterocycles. The van der Waals surface area contributed by atoms with Crippen molar-refractivity contribution in [3.8, 4) is 5.75 Å². The largest absolute Gasteiger partial charge is 0.490 e. The van der Waals surface area contributed by atoms with Gasteiger partial charge in [0.25, 0.3) is 5.91 Å². The summed E-state index contributed by atoms with van der Waals surface area (Å²) in [7, 11) is 1.87. The van der Waals surface area contributed by atoms with Crippen LogP contribution in [0.25, 0.3) is 0 Å². The number of alkyl halides is 3. The molecule has 0 spiro atoms. The number of halogens is 4. The lowest BCUT2D eigenvalue weighted by Crippen LogP contribution is -2.47. The maximum atomic E-state index is 14.3. The van der Waals surface area contributed by atoms with Crippen LogP contribution in [0.3, 0.4) is 0 Å². The Morgan fingerprint density at radius 1 is 1.02 bits per heavy atom. The highest BCUT2D eigenvalue weighted by Gasteiger charge is 2.32. The number of hydrogen-bond acceptors (Lipinski definition) is 6. The van der Waals surface area contributed by atoms with E-state index in [0.29, 0.717) is 43.2 Å². The molecule has 0 saturated carbocycles. The van der Waals surface area contributed by atoms with Gasteiger partial charge in [-0.25, -0.2) is 9.18 Å². The minimum absolute atomic E-state index is 0.206. The number of urea groups is 1. The lowest BCUT2D eigenvalue weighted by atomic mass is 10.0. The minimum atomic E-state index is -4.41. The Morgan fingerprint density at radius 3 is 2.34 bits per heavy atom. The van der Waals surface area contributed by atoms with Gasteiger partial charge in [0.1, 0.15) is 11.6 Å². The third-order valence-corrected chi connectivity index (χ3v) is 8.64. The second kappa shape index (κ2) is 17.6. The predicted octanol–water partition coefficient (Wildman–Crippen LogP) is 7.42.